The van der Waals surface area contributed by atoms with Crippen molar-refractivity contribution in [2.24, 2.45) is 0 Å². The fraction of sp³-hybridized carbons (Fsp3) is 0.389. The zero-order valence-corrected chi connectivity index (χ0v) is 16.1. The molecule has 1 atom stereocenters. The van der Waals surface area contributed by atoms with E-state index in [1.165, 1.54) is 16.2 Å². The third-order valence-corrected chi connectivity index (χ3v) is 5.58. The van der Waals surface area contributed by atoms with Crippen LogP contribution in [0.5, 0.6) is 0 Å². The maximum atomic E-state index is 13.1. The molecule has 3 heterocycles. The molecule has 10 heteroatoms. The highest BCUT2D eigenvalue weighted by molar-refractivity contribution is 7.15. The molecule has 1 N–H and O–H groups in total. The first-order valence-corrected chi connectivity index (χ1v) is 9.72. The van der Waals surface area contributed by atoms with Gasteiger partial charge in [-0.3, -0.25) is 19.7 Å². The maximum Gasteiger partial charge on any atom is 0.256 e. The molecule has 0 bridgehead atoms. The van der Waals surface area contributed by atoms with E-state index in [9.17, 15) is 14.4 Å². The fourth-order valence-corrected chi connectivity index (χ4v) is 4.29. The van der Waals surface area contributed by atoms with Crippen LogP contribution in [0.3, 0.4) is 0 Å². The van der Waals surface area contributed by atoms with Gasteiger partial charge in [-0.25, -0.2) is 0 Å². The van der Waals surface area contributed by atoms with Crippen molar-refractivity contribution in [3.8, 4) is 0 Å². The summed E-state index contributed by atoms with van der Waals surface area (Å²) in [5.74, 6) is -0.798. The molecule has 1 fully saturated rings. The summed E-state index contributed by atoms with van der Waals surface area (Å²) in [5, 5.41) is 11.5. The molecular formula is C18H19N5O4S. The largest absolute Gasteiger partial charge is 0.377 e. The van der Waals surface area contributed by atoms with Crippen LogP contribution in [-0.4, -0.2) is 59.1 Å². The zero-order chi connectivity index (χ0) is 19.7. The number of anilines is 2. The van der Waals surface area contributed by atoms with Crippen molar-refractivity contribution in [2.45, 2.75) is 25.5 Å². The van der Waals surface area contributed by atoms with Crippen LogP contribution in [0.4, 0.5) is 10.8 Å². The standard InChI is InChI=1S/C18H19N5O4S/c1-27-10-15-20-21-18(28-15)19-14(24)9-23-12-6-3-2-5-11(12)16(25)22-8-4-7-13(22)17(23)26/h2-3,5-6,13H,4,7-10H2,1H3,(H,19,21,24)/t13-/m0/s1. The number of aromatic nitrogens is 2. The van der Waals surface area contributed by atoms with Crippen LogP contribution in [0.1, 0.15) is 28.2 Å². The van der Waals surface area contributed by atoms with Crippen molar-refractivity contribution in [3.05, 3.63) is 34.8 Å². The third-order valence-electron chi connectivity index (χ3n) is 4.77. The van der Waals surface area contributed by atoms with Gasteiger partial charge in [0, 0.05) is 13.7 Å². The first-order chi connectivity index (χ1) is 13.6. The monoisotopic (exact) mass is 401 g/mol. The minimum absolute atomic E-state index is 0.164. The van der Waals surface area contributed by atoms with E-state index in [1.807, 2.05) is 0 Å². The summed E-state index contributed by atoms with van der Waals surface area (Å²) in [5.41, 5.74) is 0.894. The van der Waals surface area contributed by atoms with E-state index in [2.05, 4.69) is 15.5 Å². The average molecular weight is 401 g/mol. The number of nitrogens with zero attached hydrogens (tertiary/aromatic N) is 4. The fourth-order valence-electron chi connectivity index (χ4n) is 3.56. The van der Waals surface area contributed by atoms with Crippen molar-refractivity contribution < 1.29 is 19.1 Å². The number of para-hydroxylation sites is 1. The van der Waals surface area contributed by atoms with Crippen molar-refractivity contribution in [1.29, 1.82) is 0 Å². The van der Waals surface area contributed by atoms with Crippen LogP contribution in [0, 0.1) is 0 Å². The number of hydrogen-bond donors (Lipinski definition) is 1. The van der Waals surface area contributed by atoms with Crippen LogP contribution in [0.25, 0.3) is 0 Å². The molecule has 0 spiro atoms. The van der Waals surface area contributed by atoms with E-state index in [0.717, 1.165) is 6.42 Å². The van der Waals surface area contributed by atoms with Crippen LogP contribution in [-0.2, 0) is 20.9 Å². The second-order valence-corrected chi connectivity index (χ2v) is 7.64. The molecule has 0 unspecified atom stereocenters. The van der Waals surface area contributed by atoms with Gasteiger partial charge < -0.3 is 14.5 Å². The van der Waals surface area contributed by atoms with Gasteiger partial charge in [-0.2, -0.15) is 0 Å². The molecule has 2 aromatic rings. The number of amides is 3. The minimum atomic E-state index is -0.525. The first kappa shape index (κ1) is 18.5. The Kier molecular flexibility index (Phi) is 5.05. The highest BCUT2D eigenvalue weighted by Gasteiger charge is 2.42. The maximum absolute atomic E-state index is 13.1. The van der Waals surface area contributed by atoms with E-state index in [0.29, 0.717) is 41.0 Å². The van der Waals surface area contributed by atoms with E-state index in [4.69, 9.17) is 4.74 Å². The zero-order valence-electron chi connectivity index (χ0n) is 15.3. The molecule has 9 nitrogen and oxygen atoms in total. The summed E-state index contributed by atoms with van der Waals surface area (Å²) in [4.78, 5) is 41.6. The minimum Gasteiger partial charge on any atom is -0.377 e. The van der Waals surface area contributed by atoms with Gasteiger partial charge in [0.25, 0.3) is 5.91 Å². The normalized spacial score (nSPS) is 18.7. The van der Waals surface area contributed by atoms with Gasteiger partial charge in [-0.05, 0) is 25.0 Å². The topological polar surface area (TPSA) is 105 Å². The number of nitrogens with one attached hydrogen (secondary N) is 1. The molecule has 1 aromatic carbocycles. The molecule has 0 aliphatic carbocycles. The van der Waals surface area contributed by atoms with Crippen molar-refractivity contribution in [2.75, 3.05) is 30.4 Å². The number of rotatable bonds is 5. The molecule has 3 amide bonds. The smallest absolute Gasteiger partial charge is 0.256 e. The second kappa shape index (κ2) is 7.64. The predicted octanol–water partition coefficient (Wildman–Crippen LogP) is 1.27. The van der Waals surface area contributed by atoms with Crippen LogP contribution in [0.15, 0.2) is 24.3 Å². The van der Waals surface area contributed by atoms with Gasteiger partial charge in [0.05, 0.1) is 11.3 Å². The molecule has 4 rings (SSSR count). The van der Waals surface area contributed by atoms with Crippen molar-refractivity contribution in [1.82, 2.24) is 15.1 Å². The number of fused-ring (bicyclic) bond motifs is 2. The Balaban J connectivity index is 1.58. The van der Waals surface area contributed by atoms with E-state index < -0.39 is 11.9 Å². The lowest BCUT2D eigenvalue weighted by Crippen LogP contribution is -2.47. The Morgan fingerprint density at radius 1 is 1.32 bits per heavy atom. The Morgan fingerprint density at radius 3 is 2.96 bits per heavy atom. The lowest BCUT2D eigenvalue weighted by Gasteiger charge is -2.25. The quantitative estimate of drug-likeness (QED) is 0.809. The summed E-state index contributed by atoms with van der Waals surface area (Å²) in [6, 6.07) is 6.37. The van der Waals surface area contributed by atoms with Gasteiger partial charge in [0.2, 0.25) is 16.9 Å². The Bertz CT molecular complexity index is 930. The third kappa shape index (κ3) is 3.36. The summed E-state index contributed by atoms with van der Waals surface area (Å²) < 4.78 is 4.99. The number of methoxy groups -OCH3 is 1. The van der Waals surface area contributed by atoms with Crippen molar-refractivity contribution >= 4 is 39.9 Å². The Morgan fingerprint density at radius 2 is 2.14 bits per heavy atom. The number of carbonyl (C=O) groups excluding carboxylic acids is 3. The van der Waals surface area contributed by atoms with Gasteiger partial charge in [-0.1, -0.05) is 23.5 Å². The summed E-state index contributed by atoms with van der Waals surface area (Å²) in [6.45, 7) is 0.661. The number of ether oxygens (including phenoxy) is 1. The summed E-state index contributed by atoms with van der Waals surface area (Å²) in [7, 11) is 1.55. The van der Waals surface area contributed by atoms with Gasteiger partial charge in [0.1, 0.15) is 24.2 Å². The van der Waals surface area contributed by atoms with E-state index in [1.54, 1.807) is 36.3 Å². The van der Waals surface area contributed by atoms with Crippen LogP contribution in [0.2, 0.25) is 0 Å². The first-order valence-electron chi connectivity index (χ1n) is 8.91. The molecule has 1 aromatic heterocycles. The van der Waals surface area contributed by atoms with Gasteiger partial charge >= 0.3 is 0 Å². The highest BCUT2D eigenvalue weighted by Crippen LogP contribution is 2.32. The molecule has 146 valence electrons. The molecule has 2 aliphatic heterocycles. The Labute approximate surface area is 165 Å². The van der Waals surface area contributed by atoms with E-state index >= 15 is 0 Å². The predicted molar refractivity (Wildman–Crippen MR) is 102 cm³/mol. The molecule has 28 heavy (non-hydrogen) atoms. The molecule has 0 saturated carbocycles. The molecule has 0 radical (unpaired) electrons. The molecular weight excluding hydrogens is 382 g/mol. The number of benzene rings is 1. The van der Waals surface area contributed by atoms with Gasteiger partial charge in [0.15, 0.2) is 0 Å². The van der Waals surface area contributed by atoms with E-state index in [-0.39, 0.29) is 18.4 Å². The molecule has 1 saturated heterocycles. The second-order valence-electron chi connectivity index (χ2n) is 6.58. The van der Waals surface area contributed by atoms with Crippen LogP contribution < -0.4 is 10.2 Å². The summed E-state index contributed by atoms with van der Waals surface area (Å²) in [6.07, 6.45) is 1.38. The lowest BCUT2D eigenvalue weighted by molar-refractivity contribution is -0.124. The SMILES string of the molecule is COCc1nnc(NC(=O)CN2C(=O)[C@@H]3CCCN3C(=O)c3ccccc32)s1. The van der Waals surface area contributed by atoms with Crippen LogP contribution >= 0.6 is 11.3 Å². The number of hydrogen-bond acceptors (Lipinski definition) is 7. The summed E-state index contributed by atoms with van der Waals surface area (Å²) >= 11 is 1.21. The lowest BCUT2D eigenvalue weighted by atomic mass is 10.1. The van der Waals surface area contributed by atoms with Crippen molar-refractivity contribution in [3.63, 3.8) is 0 Å². The van der Waals surface area contributed by atoms with Gasteiger partial charge in [-0.15, -0.1) is 10.2 Å². The number of carbonyl (C=O) groups is 3. The highest BCUT2D eigenvalue weighted by atomic mass is 32.1. The Hall–Kier alpha value is -2.85. The average Bonchev–Trinajstić information content (AvgIpc) is 3.33. The molecule has 2 aliphatic rings.